The van der Waals surface area contributed by atoms with Crippen LogP contribution in [-0.4, -0.2) is 45.6 Å². The van der Waals surface area contributed by atoms with E-state index in [2.05, 4.69) is 10.6 Å². The van der Waals surface area contributed by atoms with Gasteiger partial charge in [0, 0.05) is 12.8 Å². The molecule has 10 heteroatoms. The van der Waals surface area contributed by atoms with E-state index in [0.717, 1.165) is 6.92 Å². The molecule has 2 saturated heterocycles. The number of esters is 2. The summed E-state index contributed by atoms with van der Waals surface area (Å²) in [6, 6.07) is 0. The Balaban J connectivity index is 1.38. The van der Waals surface area contributed by atoms with Crippen molar-refractivity contribution in [3.63, 3.8) is 0 Å². The number of ether oxygens (including phenoxy) is 2. The van der Waals surface area contributed by atoms with Gasteiger partial charge in [-0.3, -0.25) is 20.2 Å². The van der Waals surface area contributed by atoms with Crippen molar-refractivity contribution >= 4 is 34.5 Å². The van der Waals surface area contributed by atoms with Crippen LogP contribution in [0.5, 0.6) is 0 Å². The second kappa shape index (κ2) is 5.47. The smallest absolute Gasteiger partial charge is 0.428 e. The van der Waals surface area contributed by atoms with Crippen molar-refractivity contribution in [1.29, 1.82) is 0 Å². The molecule has 2 bridgehead atoms. The Hall–Kier alpha value is -0.620. The number of alkyl halides is 4. The molecule has 146 valence electrons. The lowest BCUT2D eigenvalue weighted by Crippen LogP contribution is -2.54. The van der Waals surface area contributed by atoms with Crippen LogP contribution in [0.1, 0.15) is 33.1 Å². The zero-order valence-electron chi connectivity index (χ0n) is 14.3. The SMILES string of the molecule is CC(=O)OC1(C(F)(F)F)CC2CC1CC2COC(=O)C(C)(I)C12NC1N2. The van der Waals surface area contributed by atoms with Gasteiger partial charge in [0.15, 0.2) is 3.42 Å². The molecule has 0 amide bonds. The third-order valence-electron chi connectivity index (χ3n) is 6.43. The lowest BCUT2D eigenvalue weighted by molar-refractivity contribution is -0.287. The summed E-state index contributed by atoms with van der Waals surface area (Å²) in [5, 5.41) is 6.27. The van der Waals surface area contributed by atoms with Gasteiger partial charge in [0.05, 0.1) is 12.8 Å². The maximum absolute atomic E-state index is 13.6. The van der Waals surface area contributed by atoms with Crippen molar-refractivity contribution in [3.8, 4) is 0 Å². The highest BCUT2D eigenvalue weighted by atomic mass is 127. The molecule has 26 heavy (non-hydrogen) atoms. The number of rotatable bonds is 5. The van der Waals surface area contributed by atoms with E-state index in [1.54, 1.807) is 6.92 Å². The van der Waals surface area contributed by atoms with Crippen LogP contribution >= 0.6 is 22.6 Å². The third-order valence-corrected chi connectivity index (χ3v) is 7.73. The Morgan fingerprint density at radius 2 is 1.88 bits per heavy atom. The summed E-state index contributed by atoms with van der Waals surface area (Å²) < 4.78 is 50.3. The number of carbonyl (C=O) groups is 2. The van der Waals surface area contributed by atoms with Gasteiger partial charge in [-0.15, -0.1) is 0 Å². The summed E-state index contributed by atoms with van der Waals surface area (Å²) in [5.74, 6) is -2.46. The predicted octanol–water partition coefficient (Wildman–Crippen LogP) is 1.86. The molecule has 2 aliphatic carbocycles. The fourth-order valence-electron chi connectivity index (χ4n) is 4.78. The van der Waals surface area contributed by atoms with Crippen LogP contribution in [0, 0.1) is 17.8 Å². The van der Waals surface area contributed by atoms with Gasteiger partial charge in [-0.25, -0.2) is 0 Å². The van der Waals surface area contributed by atoms with Crippen LogP contribution in [0.25, 0.3) is 0 Å². The number of hydrogen-bond donors (Lipinski definition) is 2. The average molecular weight is 488 g/mol. The first-order valence-electron chi connectivity index (χ1n) is 8.61. The Labute approximate surface area is 162 Å². The quantitative estimate of drug-likeness (QED) is 0.266. The van der Waals surface area contributed by atoms with E-state index >= 15 is 0 Å². The van der Waals surface area contributed by atoms with Gasteiger partial charge in [-0.2, -0.15) is 13.2 Å². The van der Waals surface area contributed by atoms with E-state index in [4.69, 9.17) is 9.47 Å². The molecule has 4 aliphatic rings. The van der Waals surface area contributed by atoms with E-state index in [-0.39, 0.29) is 49.1 Å². The molecule has 0 aromatic rings. The van der Waals surface area contributed by atoms with Gasteiger partial charge in [0.25, 0.3) is 0 Å². The monoisotopic (exact) mass is 488 g/mol. The van der Waals surface area contributed by atoms with Gasteiger partial charge in [-0.05, 0) is 38.0 Å². The first kappa shape index (κ1) is 18.7. The highest BCUT2D eigenvalue weighted by Crippen LogP contribution is 2.61. The van der Waals surface area contributed by atoms with Crippen molar-refractivity contribution in [2.24, 2.45) is 17.8 Å². The minimum Gasteiger partial charge on any atom is -0.464 e. The van der Waals surface area contributed by atoms with Crippen LogP contribution in [-0.2, 0) is 19.1 Å². The first-order chi connectivity index (χ1) is 11.9. The standard InChI is InChI=1S/C16H20F3IN2O4/c1-7(23)26-14(16(17,18)19)5-8-3-10(14)4-9(8)6-25-12(24)13(2,20)15-11(21-15)22-15/h8-11,21-22H,3-6H2,1-2H3. The van der Waals surface area contributed by atoms with Crippen LogP contribution in [0.3, 0.4) is 0 Å². The molecule has 0 aromatic heterocycles. The third kappa shape index (κ3) is 2.50. The molecular formula is C16H20F3IN2O4. The number of carbonyl (C=O) groups excluding carboxylic acids is 2. The second-order valence-corrected chi connectivity index (χ2v) is 10.2. The van der Waals surface area contributed by atoms with Gasteiger partial charge < -0.3 is 9.47 Å². The summed E-state index contributed by atoms with van der Waals surface area (Å²) >= 11 is 2.05. The summed E-state index contributed by atoms with van der Waals surface area (Å²) in [6.07, 6.45) is -4.11. The first-order valence-corrected chi connectivity index (χ1v) is 9.69. The minimum absolute atomic E-state index is 0.105. The second-order valence-electron chi connectivity index (χ2n) is 8.00. The highest BCUT2D eigenvalue weighted by molar-refractivity contribution is 14.1. The average Bonchev–Trinajstić information content (AvgIpc) is 3.29. The lowest BCUT2D eigenvalue weighted by atomic mass is 9.78. The molecule has 2 N–H and O–H groups in total. The summed E-state index contributed by atoms with van der Waals surface area (Å²) in [4.78, 5) is 23.6. The molecule has 2 saturated carbocycles. The van der Waals surface area contributed by atoms with E-state index in [9.17, 15) is 22.8 Å². The molecule has 0 spiro atoms. The largest absolute Gasteiger partial charge is 0.464 e. The Morgan fingerprint density at radius 1 is 1.27 bits per heavy atom. The molecule has 4 fully saturated rings. The maximum atomic E-state index is 13.6. The zero-order chi connectivity index (χ0) is 19.1. The zero-order valence-corrected chi connectivity index (χ0v) is 16.4. The summed E-state index contributed by atoms with van der Waals surface area (Å²) in [6.45, 7) is 2.89. The van der Waals surface area contributed by atoms with Crippen molar-refractivity contribution in [1.82, 2.24) is 10.6 Å². The predicted molar refractivity (Wildman–Crippen MR) is 91.0 cm³/mol. The van der Waals surface area contributed by atoms with Gasteiger partial charge in [0.2, 0.25) is 5.60 Å². The molecule has 6 nitrogen and oxygen atoms in total. The summed E-state index contributed by atoms with van der Waals surface area (Å²) in [5.41, 5.74) is -2.77. The van der Waals surface area contributed by atoms with Crippen molar-refractivity contribution < 1.29 is 32.2 Å². The number of halogens is 4. The van der Waals surface area contributed by atoms with Crippen LogP contribution in [0.2, 0.25) is 0 Å². The Kier molecular flexibility index (Phi) is 3.94. The van der Waals surface area contributed by atoms with E-state index in [1.165, 1.54) is 0 Å². The Bertz CT molecular complexity index is 664. The van der Waals surface area contributed by atoms with Crippen molar-refractivity contribution in [2.75, 3.05) is 6.61 Å². The lowest BCUT2D eigenvalue weighted by Gasteiger charge is -2.40. The molecule has 0 radical (unpaired) electrons. The van der Waals surface area contributed by atoms with E-state index in [1.807, 2.05) is 22.6 Å². The Morgan fingerprint density at radius 3 is 2.31 bits per heavy atom. The fraction of sp³-hybridized carbons (Fsp3) is 0.875. The molecule has 4 rings (SSSR count). The van der Waals surface area contributed by atoms with E-state index in [0.29, 0.717) is 6.42 Å². The minimum atomic E-state index is -4.59. The van der Waals surface area contributed by atoms with Crippen LogP contribution < -0.4 is 10.6 Å². The number of hydrogen-bond acceptors (Lipinski definition) is 6. The topological polar surface area (TPSA) is 96.5 Å². The van der Waals surface area contributed by atoms with Crippen LogP contribution in [0.15, 0.2) is 0 Å². The van der Waals surface area contributed by atoms with E-state index < -0.39 is 27.1 Å². The van der Waals surface area contributed by atoms with Crippen LogP contribution in [0.4, 0.5) is 13.2 Å². The van der Waals surface area contributed by atoms with Gasteiger partial charge in [-0.1, -0.05) is 22.6 Å². The normalized spacial score (nSPS) is 44.8. The fourth-order valence-corrected chi connectivity index (χ4v) is 5.56. The summed E-state index contributed by atoms with van der Waals surface area (Å²) in [7, 11) is 0. The van der Waals surface area contributed by atoms with Crippen molar-refractivity contribution in [3.05, 3.63) is 0 Å². The van der Waals surface area contributed by atoms with Crippen molar-refractivity contribution in [2.45, 2.75) is 60.1 Å². The molecule has 5 atom stereocenters. The number of nitrogens with one attached hydrogen (secondary N) is 2. The molecular weight excluding hydrogens is 468 g/mol. The van der Waals surface area contributed by atoms with Gasteiger partial charge >= 0.3 is 18.1 Å². The molecule has 5 unspecified atom stereocenters. The number of fused-ring (bicyclic) bond motifs is 3. The highest BCUT2D eigenvalue weighted by Gasteiger charge is 2.80. The molecule has 2 heterocycles. The molecule has 0 aromatic carbocycles. The molecule has 2 aliphatic heterocycles. The maximum Gasteiger partial charge on any atom is 0.428 e. The van der Waals surface area contributed by atoms with Gasteiger partial charge in [0.1, 0.15) is 5.66 Å².